The summed E-state index contributed by atoms with van der Waals surface area (Å²) in [4.78, 5) is 28.3. The predicted octanol–water partition coefficient (Wildman–Crippen LogP) is 1.04. The third-order valence-corrected chi connectivity index (χ3v) is 5.47. The van der Waals surface area contributed by atoms with Gasteiger partial charge in [-0.05, 0) is 31.2 Å². The SMILES string of the molecule is CC1(C)[C@H](C(=O)O)[C@@H]1C(=O)N1CCCN2CCCC2C1. The lowest BCUT2D eigenvalue weighted by Crippen LogP contribution is -2.41. The first-order chi connectivity index (χ1) is 9.43. The second-order valence-electron chi connectivity index (χ2n) is 7.08. The molecule has 5 nitrogen and oxygen atoms in total. The molecule has 2 heterocycles. The highest BCUT2D eigenvalue weighted by Gasteiger charge is 2.66. The Balaban J connectivity index is 1.70. The molecule has 1 unspecified atom stereocenters. The van der Waals surface area contributed by atoms with Gasteiger partial charge >= 0.3 is 5.97 Å². The van der Waals surface area contributed by atoms with Gasteiger partial charge in [0.25, 0.3) is 0 Å². The Morgan fingerprint density at radius 2 is 1.80 bits per heavy atom. The second-order valence-corrected chi connectivity index (χ2v) is 7.08. The van der Waals surface area contributed by atoms with E-state index < -0.39 is 11.9 Å². The largest absolute Gasteiger partial charge is 0.481 e. The molecule has 3 atom stereocenters. The van der Waals surface area contributed by atoms with E-state index in [-0.39, 0.29) is 17.2 Å². The van der Waals surface area contributed by atoms with E-state index in [1.165, 1.54) is 12.8 Å². The van der Waals surface area contributed by atoms with Crippen LogP contribution in [-0.2, 0) is 9.59 Å². The first-order valence-electron chi connectivity index (χ1n) is 7.68. The van der Waals surface area contributed by atoms with Crippen LogP contribution < -0.4 is 0 Å². The van der Waals surface area contributed by atoms with Crippen LogP contribution in [0.4, 0.5) is 0 Å². The molecule has 2 aliphatic heterocycles. The molecule has 1 amide bonds. The number of hydrogen-bond acceptors (Lipinski definition) is 3. The molecule has 2 saturated heterocycles. The van der Waals surface area contributed by atoms with Gasteiger partial charge in [0.2, 0.25) is 5.91 Å². The minimum atomic E-state index is -0.828. The number of fused-ring (bicyclic) bond motifs is 1. The summed E-state index contributed by atoms with van der Waals surface area (Å²) < 4.78 is 0. The molecule has 0 radical (unpaired) electrons. The summed E-state index contributed by atoms with van der Waals surface area (Å²) in [5, 5.41) is 9.23. The molecule has 3 fully saturated rings. The van der Waals surface area contributed by atoms with Gasteiger partial charge in [0.05, 0.1) is 11.8 Å². The number of hydrogen-bond donors (Lipinski definition) is 1. The molecule has 0 bridgehead atoms. The lowest BCUT2D eigenvalue weighted by molar-refractivity contribution is -0.142. The maximum atomic E-state index is 12.7. The number of nitrogens with zero attached hydrogens (tertiary/aromatic N) is 2. The van der Waals surface area contributed by atoms with Crippen molar-refractivity contribution in [2.24, 2.45) is 17.3 Å². The van der Waals surface area contributed by atoms with Crippen molar-refractivity contribution in [1.29, 1.82) is 0 Å². The number of rotatable bonds is 2. The van der Waals surface area contributed by atoms with Crippen LogP contribution >= 0.6 is 0 Å². The summed E-state index contributed by atoms with van der Waals surface area (Å²) >= 11 is 0. The van der Waals surface area contributed by atoms with Crippen LogP contribution in [0.15, 0.2) is 0 Å². The smallest absolute Gasteiger partial charge is 0.307 e. The molecule has 0 aromatic heterocycles. The summed E-state index contributed by atoms with van der Waals surface area (Å²) in [5.74, 6) is -1.59. The molecule has 0 spiro atoms. The van der Waals surface area contributed by atoms with E-state index in [4.69, 9.17) is 0 Å². The summed E-state index contributed by atoms with van der Waals surface area (Å²) in [6.07, 6.45) is 3.40. The molecule has 5 heteroatoms. The molecule has 0 aromatic carbocycles. The van der Waals surface area contributed by atoms with E-state index >= 15 is 0 Å². The van der Waals surface area contributed by atoms with Crippen molar-refractivity contribution in [1.82, 2.24) is 9.80 Å². The summed E-state index contributed by atoms with van der Waals surface area (Å²) in [5.41, 5.74) is -0.384. The van der Waals surface area contributed by atoms with E-state index in [9.17, 15) is 14.7 Å². The van der Waals surface area contributed by atoms with Crippen molar-refractivity contribution in [2.75, 3.05) is 26.2 Å². The normalized spacial score (nSPS) is 36.3. The Hall–Kier alpha value is -1.10. The predicted molar refractivity (Wildman–Crippen MR) is 74.2 cm³/mol. The van der Waals surface area contributed by atoms with Crippen LogP contribution in [0.5, 0.6) is 0 Å². The average molecular weight is 280 g/mol. The van der Waals surface area contributed by atoms with Crippen LogP contribution in [0.3, 0.4) is 0 Å². The van der Waals surface area contributed by atoms with E-state index in [0.29, 0.717) is 6.04 Å². The van der Waals surface area contributed by atoms with Crippen molar-refractivity contribution in [2.45, 2.75) is 39.2 Å². The molecular weight excluding hydrogens is 256 g/mol. The summed E-state index contributed by atoms with van der Waals surface area (Å²) in [6, 6.07) is 0.492. The van der Waals surface area contributed by atoms with Crippen LogP contribution in [-0.4, -0.2) is 59.0 Å². The maximum absolute atomic E-state index is 12.7. The Labute approximate surface area is 119 Å². The van der Waals surface area contributed by atoms with Gasteiger partial charge in [-0.1, -0.05) is 13.8 Å². The Morgan fingerprint density at radius 3 is 2.45 bits per heavy atom. The number of amides is 1. The van der Waals surface area contributed by atoms with Crippen molar-refractivity contribution >= 4 is 11.9 Å². The van der Waals surface area contributed by atoms with Gasteiger partial charge in [0.1, 0.15) is 0 Å². The number of carbonyl (C=O) groups is 2. The van der Waals surface area contributed by atoms with Gasteiger partial charge in [-0.3, -0.25) is 14.5 Å². The molecule has 0 aromatic rings. The topological polar surface area (TPSA) is 60.9 Å². The summed E-state index contributed by atoms with van der Waals surface area (Å²) in [6.45, 7) is 7.59. The minimum absolute atomic E-state index is 0.0659. The molecule has 112 valence electrons. The lowest BCUT2D eigenvalue weighted by atomic mass is 10.1. The van der Waals surface area contributed by atoms with Gasteiger partial charge in [-0.15, -0.1) is 0 Å². The zero-order valence-corrected chi connectivity index (χ0v) is 12.3. The second kappa shape index (κ2) is 4.72. The zero-order chi connectivity index (χ0) is 14.5. The van der Waals surface area contributed by atoms with E-state index in [2.05, 4.69) is 4.90 Å². The quantitative estimate of drug-likeness (QED) is 0.821. The van der Waals surface area contributed by atoms with Crippen molar-refractivity contribution < 1.29 is 14.7 Å². The highest BCUT2D eigenvalue weighted by Crippen LogP contribution is 2.59. The third kappa shape index (κ3) is 2.12. The molecular formula is C15H24N2O3. The average Bonchev–Trinajstić information content (AvgIpc) is 2.81. The Morgan fingerprint density at radius 1 is 1.10 bits per heavy atom. The van der Waals surface area contributed by atoms with Crippen molar-refractivity contribution in [3.63, 3.8) is 0 Å². The van der Waals surface area contributed by atoms with Crippen LogP contribution in [0.2, 0.25) is 0 Å². The molecule has 1 N–H and O–H groups in total. The molecule has 3 rings (SSSR count). The summed E-state index contributed by atoms with van der Waals surface area (Å²) in [7, 11) is 0. The van der Waals surface area contributed by atoms with E-state index in [1.807, 2.05) is 18.7 Å². The fraction of sp³-hybridized carbons (Fsp3) is 0.867. The molecule has 3 aliphatic rings. The van der Waals surface area contributed by atoms with Crippen molar-refractivity contribution in [3.8, 4) is 0 Å². The van der Waals surface area contributed by atoms with Gasteiger partial charge < -0.3 is 10.0 Å². The van der Waals surface area contributed by atoms with Gasteiger partial charge in [0, 0.05) is 25.7 Å². The molecule has 1 saturated carbocycles. The molecule has 1 aliphatic carbocycles. The Bertz CT molecular complexity index is 435. The number of aliphatic carboxylic acids is 1. The van der Waals surface area contributed by atoms with Crippen LogP contribution in [0.25, 0.3) is 0 Å². The van der Waals surface area contributed by atoms with Gasteiger partial charge in [-0.25, -0.2) is 0 Å². The number of carboxylic acids is 1. The molecule has 20 heavy (non-hydrogen) atoms. The van der Waals surface area contributed by atoms with Gasteiger partial charge in [0.15, 0.2) is 0 Å². The Kier molecular flexibility index (Phi) is 3.27. The fourth-order valence-electron chi connectivity index (χ4n) is 4.16. The number of carbonyl (C=O) groups excluding carboxylic acids is 1. The standard InChI is InChI=1S/C15H24N2O3/c1-15(2)11(12(15)14(19)20)13(18)17-8-4-7-16-6-3-5-10(16)9-17/h10-12H,3-9H2,1-2H3,(H,19,20)/t10?,11-,12+/m1/s1. The van der Waals surface area contributed by atoms with Gasteiger partial charge in [-0.2, -0.15) is 0 Å². The van der Waals surface area contributed by atoms with E-state index in [0.717, 1.165) is 32.6 Å². The minimum Gasteiger partial charge on any atom is -0.481 e. The van der Waals surface area contributed by atoms with Crippen LogP contribution in [0, 0.1) is 17.3 Å². The lowest BCUT2D eigenvalue weighted by Gasteiger charge is -2.26. The first kappa shape index (κ1) is 13.9. The van der Waals surface area contributed by atoms with E-state index in [1.54, 1.807) is 0 Å². The monoisotopic (exact) mass is 280 g/mol. The fourth-order valence-corrected chi connectivity index (χ4v) is 4.16. The third-order valence-electron chi connectivity index (χ3n) is 5.47. The zero-order valence-electron chi connectivity index (χ0n) is 12.3. The highest BCUT2D eigenvalue weighted by molar-refractivity contribution is 5.91. The highest BCUT2D eigenvalue weighted by atomic mass is 16.4. The first-order valence-corrected chi connectivity index (χ1v) is 7.68. The number of carboxylic acid groups (broad SMARTS) is 1. The van der Waals surface area contributed by atoms with Crippen molar-refractivity contribution in [3.05, 3.63) is 0 Å². The van der Waals surface area contributed by atoms with Crippen LogP contribution in [0.1, 0.15) is 33.1 Å². The maximum Gasteiger partial charge on any atom is 0.307 e.